The van der Waals surface area contributed by atoms with Crippen LogP contribution >= 0.6 is 0 Å². The van der Waals surface area contributed by atoms with Crippen LogP contribution in [0.3, 0.4) is 0 Å². The summed E-state index contributed by atoms with van der Waals surface area (Å²) in [5, 5.41) is 7.07. The van der Waals surface area contributed by atoms with E-state index in [1.165, 1.54) is 43.8 Å². The highest BCUT2D eigenvalue weighted by atomic mass is 16.5. The minimum atomic E-state index is -0.606. The Bertz CT molecular complexity index is 3810. The van der Waals surface area contributed by atoms with Crippen LogP contribution in [0.1, 0.15) is 22.3 Å². The fourth-order valence-corrected chi connectivity index (χ4v) is 11.1. The molecular weight excluding hydrogens is 769 g/mol. The third-order valence-electron chi connectivity index (χ3n) is 13.6. The molecule has 0 radical (unpaired) electrons. The molecule has 0 saturated carbocycles. The molecule has 294 valence electrons. The molecule has 0 N–H and O–H groups in total. The van der Waals surface area contributed by atoms with E-state index >= 15 is 0 Å². The highest BCUT2D eigenvalue weighted by Crippen LogP contribution is 2.62. The van der Waals surface area contributed by atoms with Gasteiger partial charge < -0.3 is 18.6 Å². The first-order chi connectivity index (χ1) is 31.3. The van der Waals surface area contributed by atoms with Crippen molar-refractivity contribution in [2.24, 2.45) is 0 Å². The molecule has 10 aromatic carbocycles. The lowest BCUT2D eigenvalue weighted by Gasteiger charge is -2.45. The van der Waals surface area contributed by atoms with E-state index in [-0.39, 0.29) is 0 Å². The summed E-state index contributed by atoms with van der Waals surface area (Å²) in [6, 6.07) is 79.1. The number of fused-ring (bicyclic) bond motifs is 14. The van der Waals surface area contributed by atoms with E-state index in [2.05, 4.69) is 216 Å². The van der Waals surface area contributed by atoms with Crippen LogP contribution in [0.4, 0.5) is 17.1 Å². The number of aromatic nitrogens is 1. The Morgan fingerprint density at radius 2 is 1.02 bits per heavy atom. The predicted octanol–water partition coefficient (Wildman–Crippen LogP) is 15.8. The van der Waals surface area contributed by atoms with Gasteiger partial charge in [-0.05, 0) is 94.4 Å². The Morgan fingerprint density at radius 3 is 1.86 bits per heavy atom. The Kier molecular flexibility index (Phi) is 7.01. The lowest BCUT2D eigenvalue weighted by molar-refractivity contribution is 0.435. The normalized spacial score (nSPS) is 13.3. The smallest absolute Gasteiger partial charge is 0.137 e. The number of hydrogen-bond donors (Lipinski definition) is 0. The van der Waals surface area contributed by atoms with E-state index in [1.54, 1.807) is 0 Å². The maximum Gasteiger partial charge on any atom is 0.137 e. The Hall–Kier alpha value is -8.34. The van der Waals surface area contributed by atoms with E-state index < -0.39 is 5.41 Å². The number of nitrogens with zero attached hydrogens (tertiary/aromatic N) is 2. The molecule has 2 aliphatic rings. The summed E-state index contributed by atoms with van der Waals surface area (Å²) in [7, 11) is 0. The zero-order valence-electron chi connectivity index (χ0n) is 34.0. The molecule has 14 rings (SSSR count). The number of para-hydroxylation sites is 5. The Morgan fingerprint density at radius 1 is 0.381 bits per heavy atom. The summed E-state index contributed by atoms with van der Waals surface area (Å²) in [5.74, 6) is 1.77. The van der Waals surface area contributed by atoms with Gasteiger partial charge in [0.2, 0.25) is 0 Å². The zero-order chi connectivity index (χ0) is 41.2. The van der Waals surface area contributed by atoms with Gasteiger partial charge in [0.15, 0.2) is 0 Å². The SMILES string of the molecule is c1ccc(N(c2ccc3c4ccccc4n(-c4ccc5c(c4)oc4ccccc45)c3c2)c2ccc3c4c(cccc24)C2(c4ccccc4Oc4ccccc42)c2ccccc2-3)cc1. The molecular formula is C59H36N2O2. The molecule has 1 aliphatic carbocycles. The summed E-state index contributed by atoms with van der Waals surface area (Å²) >= 11 is 0. The summed E-state index contributed by atoms with van der Waals surface area (Å²) in [6.45, 7) is 0. The number of hydrogen-bond acceptors (Lipinski definition) is 3. The number of anilines is 3. The van der Waals surface area contributed by atoms with Crippen LogP contribution in [0.2, 0.25) is 0 Å². The Labute approximate surface area is 363 Å². The monoisotopic (exact) mass is 804 g/mol. The van der Waals surface area contributed by atoms with Gasteiger partial charge in [-0.15, -0.1) is 0 Å². The van der Waals surface area contributed by atoms with Crippen molar-refractivity contribution in [3.05, 3.63) is 241 Å². The van der Waals surface area contributed by atoms with Gasteiger partial charge in [0.1, 0.15) is 22.7 Å². The third kappa shape index (κ3) is 4.64. The molecule has 63 heavy (non-hydrogen) atoms. The number of benzene rings is 10. The first-order valence-electron chi connectivity index (χ1n) is 21.6. The predicted molar refractivity (Wildman–Crippen MR) is 258 cm³/mol. The molecule has 0 atom stereocenters. The van der Waals surface area contributed by atoms with Gasteiger partial charge in [-0.2, -0.15) is 0 Å². The molecule has 1 aliphatic heterocycles. The van der Waals surface area contributed by atoms with Gasteiger partial charge in [0, 0.05) is 61.2 Å². The lowest BCUT2D eigenvalue weighted by Crippen LogP contribution is -2.36. The van der Waals surface area contributed by atoms with Crippen molar-refractivity contribution in [2.45, 2.75) is 5.41 Å². The van der Waals surface area contributed by atoms with E-state index in [9.17, 15) is 0 Å². The van der Waals surface area contributed by atoms with Gasteiger partial charge in [0.05, 0.1) is 22.1 Å². The molecule has 2 aromatic heterocycles. The highest BCUT2D eigenvalue weighted by Gasteiger charge is 2.49. The zero-order valence-corrected chi connectivity index (χ0v) is 34.0. The van der Waals surface area contributed by atoms with E-state index in [0.717, 1.165) is 78.3 Å². The average Bonchev–Trinajstić information content (AvgIpc) is 3.88. The molecule has 3 heterocycles. The fraction of sp³-hybridized carbons (Fsp3) is 0.0169. The van der Waals surface area contributed by atoms with Crippen molar-refractivity contribution in [2.75, 3.05) is 4.90 Å². The van der Waals surface area contributed by atoms with Crippen LogP contribution in [-0.4, -0.2) is 4.57 Å². The van der Waals surface area contributed by atoms with Crippen molar-refractivity contribution in [3.63, 3.8) is 0 Å². The second kappa shape index (κ2) is 12.8. The minimum absolute atomic E-state index is 0.606. The number of rotatable bonds is 4. The van der Waals surface area contributed by atoms with E-state index in [0.29, 0.717) is 0 Å². The van der Waals surface area contributed by atoms with Crippen LogP contribution in [0.15, 0.2) is 223 Å². The third-order valence-corrected chi connectivity index (χ3v) is 13.6. The van der Waals surface area contributed by atoms with Crippen LogP contribution in [0.25, 0.3) is 71.3 Å². The molecule has 0 bridgehead atoms. The van der Waals surface area contributed by atoms with E-state index in [4.69, 9.17) is 9.15 Å². The minimum Gasteiger partial charge on any atom is -0.457 e. The fourth-order valence-electron chi connectivity index (χ4n) is 11.1. The molecule has 0 unspecified atom stereocenters. The van der Waals surface area contributed by atoms with Crippen molar-refractivity contribution >= 4 is 71.6 Å². The maximum atomic E-state index is 6.70. The summed E-state index contributed by atoms with van der Waals surface area (Å²) in [6.07, 6.45) is 0. The molecule has 0 saturated heterocycles. The topological polar surface area (TPSA) is 30.5 Å². The van der Waals surface area contributed by atoms with Crippen molar-refractivity contribution in [1.82, 2.24) is 4.57 Å². The van der Waals surface area contributed by atoms with Gasteiger partial charge in [-0.1, -0.05) is 146 Å². The van der Waals surface area contributed by atoms with Crippen molar-refractivity contribution in [3.8, 4) is 28.3 Å². The molecule has 4 heteroatoms. The number of ether oxygens (including phenoxy) is 1. The van der Waals surface area contributed by atoms with Gasteiger partial charge in [-0.3, -0.25) is 0 Å². The van der Waals surface area contributed by atoms with Crippen molar-refractivity contribution in [1.29, 1.82) is 0 Å². The number of furan rings is 1. The maximum absolute atomic E-state index is 6.70. The van der Waals surface area contributed by atoms with Crippen LogP contribution < -0.4 is 9.64 Å². The molecule has 12 aromatic rings. The van der Waals surface area contributed by atoms with Crippen LogP contribution in [-0.2, 0) is 5.41 Å². The van der Waals surface area contributed by atoms with Gasteiger partial charge in [0.25, 0.3) is 0 Å². The quantitative estimate of drug-likeness (QED) is 0.178. The van der Waals surface area contributed by atoms with Crippen LogP contribution in [0, 0.1) is 0 Å². The highest BCUT2D eigenvalue weighted by molar-refractivity contribution is 6.14. The summed E-state index contributed by atoms with van der Waals surface area (Å²) < 4.78 is 15.5. The second-order valence-corrected chi connectivity index (χ2v) is 16.8. The largest absolute Gasteiger partial charge is 0.457 e. The van der Waals surface area contributed by atoms with Gasteiger partial charge in [-0.25, -0.2) is 0 Å². The standard InChI is InChI=1S/C59H36N2O2/c1-2-15-37(16-3-1)60(38-29-31-42-41-18-5-10-25-51(41)61(53(42)35-38)39-30-32-44-43-19-6-11-26-54(43)62-57(44)36-39)52-34-33-45-40-17-4-7-21-47(40)59(50-24-14-20-46(52)58(45)50)48-22-8-12-27-55(48)63-56-28-13-9-23-49(56)59/h1-36H. The summed E-state index contributed by atoms with van der Waals surface area (Å²) in [5.41, 5.74) is 15.0. The molecule has 1 spiro atoms. The first-order valence-corrected chi connectivity index (χ1v) is 21.6. The molecule has 4 nitrogen and oxygen atoms in total. The molecule has 0 fully saturated rings. The van der Waals surface area contributed by atoms with E-state index in [1.807, 2.05) is 12.1 Å². The summed E-state index contributed by atoms with van der Waals surface area (Å²) in [4.78, 5) is 2.44. The van der Waals surface area contributed by atoms with Crippen LogP contribution in [0.5, 0.6) is 11.5 Å². The van der Waals surface area contributed by atoms with Gasteiger partial charge >= 0.3 is 0 Å². The second-order valence-electron chi connectivity index (χ2n) is 16.8. The average molecular weight is 805 g/mol. The lowest BCUT2D eigenvalue weighted by atomic mass is 9.58. The Balaban J connectivity index is 1.04. The first kappa shape index (κ1) is 34.4. The van der Waals surface area contributed by atoms with Crippen molar-refractivity contribution < 1.29 is 9.15 Å². The molecule has 0 amide bonds.